The van der Waals surface area contributed by atoms with Crippen molar-refractivity contribution < 1.29 is 4.39 Å². The van der Waals surface area contributed by atoms with Crippen molar-refractivity contribution in [3.8, 4) is 11.3 Å². The molecule has 2 aromatic heterocycles. The molecule has 9 heteroatoms. The van der Waals surface area contributed by atoms with E-state index in [4.69, 9.17) is 0 Å². The number of benzene rings is 2. The van der Waals surface area contributed by atoms with Crippen LogP contribution in [0.1, 0.15) is 10.4 Å². The van der Waals surface area contributed by atoms with Crippen LogP contribution in [0.4, 0.5) is 15.3 Å². The lowest BCUT2D eigenvalue weighted by molar-refractivity contribution is 0.628. The summed E-state index contributed by atoms with van der Waals surface area (Å²) in [6, 6.07) is 18.4. The lowest BCUT2D eigenvalue weighted by atomic mass is 10.1. The minimum absolute atomic E-state index is 0. The predicted octanol–water partition coefficient (Wildman–Crippen LogP) is 5.74. The number of nitrogens with zero attached hydrogens (tertiary/aromatic N) is 2. The van der Waals surface area contributed by atoms with Crippen molar-refractivity contribution >= 4 is 47.1 Å². The van der Waals surface area contributed by atoms with Crippen LogP contribution in [0.15, 0.2) is 66.9 Å². The topological polar surface area (TPSA) is 65.6 Å². The van der Waals surface area contributed by atoms with Crippen LogP contribution >= 0.6 is 36.2 Å². The van der Waals surface area contributed by atoms with E-state index in [-0.39, 0.29) is 30.6 Å². The van der Waals surface area contributed by atoms with E-state index in [9.17, 15) is 4.39 Å². The Morgan fingerprint density at radius 3 is 2.45 bits per heavy atom. The molecule has 0 bridgehead atoms. The highest BCUT2D eigenvalue weighted by Gasteiger charge is 2.06. The first-order chi connectivity index (χ1) is 13.3. The van der Waals surface area contributed by atoms with E-state index < -0.39 is 0 Å². The molecule has 4 aromatic rings. The SMILES string of the molecule is Cl.Cl.Fc1ccc(-c2cc(NCc3cnc(NCc4ccccc4)s3)n[nH]2)cc1. The summed E-state index contributed by atoms with van der Waals surface area (Å²) in [6.07, 6.45) is 1.86. The van der Waals surface area contributed by atoms with E-state index >= 15 is 0 Å². The number of thiazole rings is 1. The summed E-state index contributed by atoms with van der Waals surface area (Å²) in [5.74, 6) is 0.486. The third kappa shape index (κ3) is 6.19. The molecule has 2 aromatic carbocycles. The van der Waals surface area contributed by atoms with Crippen LogP contribution in [0.2, 0.25) is 0 Å². The first-order valence-electron chi connectivity index (χ1n) is 8.54. The van der Waals surface area contributed by atoms with E-state index in [2.05, 4.69) is 37.9 Å². The molecule has 0 saturated heterocycles. The van der Waals surface area contributed by atoms with Gasteiger partial charge in [-0.2, -0.15) is 5.10 Å². The normalized spacial score (nSPS) is 9.97. The third-order valence-corrected chi connectivity index (χ3v) is 4.97. The second-order valence-corrected chi connectivity index (χ2v) is 7.11. The quantitative estimate of drug-likeness (QED) is 0.335. The summed E-state index contributed by atoms with van der Waals surface area (Å²) in [4.78, 5) is 5.52. The lowest BCUT2D eigenvalue weighted by Crippen LogP contribution is -1.98. The number of hydrogen-bond donors (Lipinski definition) is 3. The number of aromatic amines is 1. The highest BCUT2D eigenvalue weighted by atomic mass is 35.5. The molecular formula is C20H20Cl2FN5S. The largest absolute Gasteiger partial charge is 0.364 e. The molecule has 5 nitrogen and oxygen atoms in total. The van der Waals surface area contributed by atoms with Crippen LogP contribution in [0.5, 0.6) is 0 Å². The summed E-state index contributed by atoms with van der Waals surface area (Å²) in [7, 11) is 0. The van der Waals surface area contributed by atoms with Gasteiger partial charge in [0, 0.05) is 23.7 Å². The van der Waals surface area contributed by atoms with Gasteiger partial charge >= 0.3 is 0 Å². The Bertz CT molecular complexity index is 1010. The average molecular weight is 452 g/mol. The molecular weight excluding hydrogens is 432 g/mol. The zero-order chi connectivity index (χ0) is 18.5. The zero-order valence-corrected chi connectivity index (χ0v) is 17.7. The fraction of sp³-hybridized carbons (Fsp3) is 0.100. The van der Waals surface area contributed by atoms with E-state index in [0.29, 0.717) is 6.54 Å². The summed E-state index contributed by atoms with van der Waals surface area (Å²) in [6.45, 7) is 1.39. The van der Waals surface area contributed by atoms with E-state index in [0.717, 1.165) is 33.6 Å². The molecule has 0 aliphatic rings. The van der Waals surface area contributed by atoms with Crippen molar-refractivity contribution in [2.45, 2.75) is 13.1 Å². The maximum Gasteiger partial charge on any atom is 0.183 e. The van der Waals surface area contributed by atoms with Crippen LogP contribution in [-0.4, -0.2) is 15.2 Å². The third-order valence-electron chi connectivity index (χ3n) is 4.02. The molecule has 3 N–H and O–H groups in total. The fourth-order valence-electron chi connectivity index (χ4n) is 2.61. The molecule has 0 atom stereocenters. The molecule has 0 aliphatic carbocycles. The van der Waals surface area contributed by atoms with Gasteiger partial charge in [0.1, 0.15) is 11.6 Å². The standard InChI is InChI=1S/C20H18FN5S.2ClH/c21-16-8-6-15(7-9-16)18-10-19(26-25-18)22-12-17-13-24-20(27-17)23-11-14-4-2-1-3-5-14;;/h1-10,13H,11-12H2,(H,23,24)(H2,22,25,26);2*1H. The van der Waals surface area contributed by atoms with E-state index in [1.54, 1.807) is 23.5 Å². The number of halogens is 3. The van der Waals surface area contributed by atoms with Crippen molar-refractivity contribution in [3.05, 3.63) is 83.1 Å². The van der Waals surface area contributed by atoms with Crippen LogP contribution in [-0.2, 0) is 13.1 Å². The van der Waals surface area contributed by atoms with Crippen LogP contribution in [0.3, 0.4) is 0 Å². The monoisotopic (exact) mass is 451 g/mol. The number of hydrogen-bond acceptors (Lipinski definition) is 5. The van der Waals surface area contributed by atoms with Crippen LogP contribution in [0, 0.1) is 5.82 Å². The summed E-state index contributed by atoms with van der Waals surface area (Å²) in [5, 5.41) is 14.7. The molecule has 0 amide bonds. The highest BCUT2D eigenvalue weighted by molar-refractivity contribution is 7.15. The average Bonchev–Trinajstić information content (AvgIpc) is 3.36. The molecule has 0 saturated carbocycles. The maximum atomic E-state index is 13.0. The van der Waals surface area contributed by atoms with Crippen molar-refractivity contribution in [2.75, 3.05) is 10.6 Å². The van der Waals surface area contributed by atoms with Crippen molar-refractivity contribution in [1.82, 2.24) is 15.2 Å². The molecule has 152 valence electrons. The van der Waals surface area contributed by atoms with Gasteiger partial charge in [0.2, 0.25) is 0 Å². The van der Waals surface area contributed by atoms with E-state index in [1.165, 1.54) is 17.7 Å². The predicted molar refractivity (Wildman–Crippen MR) is 122 cm³/mol. The molecule has 0 unspecified atom stereocenters. The number of anilines is 2. The highest BCUT2D eigenvalue weighted by Crippen LogP contribution is 2.22. The number of rotatable bonds is 7. The second kappa shape index (κ2) is 10.8. The number of H-pyrrole nitrogens is 1. The summed E-state index contributed by atoms with van der Waals surface area (Å²) in [5.41, 5.74) is 2.95. The van der Waals surface area contributed by atoms with Gasteiger partial charge in [0.15, 0.2) is 5.13 Å². The first kappa shape index (κ1) is 22.7. The lowest BCUT2D eigenvalue weighted by Gasteiger charge is -2.02. The van der Waals surface area contributed by atoms with Gasteiger partial charge in [-0.05, 0) is 35.4 Å². The molecule has 29 heavy (non-hydrogen) atoms. The Labute approximate surface area is 184 Å². The zero-order valence-electron chi connectivity index (χ0n) is 15.3. The number of aromatic nitrogens is 3. The smallest absolute Gasteiger partial charge is 0.183 e. The molecule has 0 aliphatic heterocycles. The van der Waals surface area contributed by atoms with Gasteiger partial charge in [-0.3, -0.25) is 5.10 Å². The van der Waals surface area contributed by atoms with E-state index in [1.807, 2.05) is 30.5 Å². The van der Waals surface area contributed by atoms with Crippen molar-refractivity contribution in [1.29, 1.82) is 0 Å². The van der Waals surface area contributed by atoms with Gasteiger partial charge < -0.3 is 10.6 Å². The van der Waals surface area contributed by atoms with Gasteiger partial charge in [-0.1, -0.05) is 30.3 Å². The first-order valence-corrected chi connectivity index (χ1v) is 9.36. The Morgan fingerprint density at radius 1 is 0.931 bits per heavy atom. The minimum Gasteiger partial charge on any atom is -0.364 e. The Balaban J connectivity index is 0.00000150. The Hall–Kier alpha value is -2.61. The van der Waals surface area contributed by atoms with Gasteiger partial charge in [-0.25, -0.2) is 9.37 Å². The van der Waals surface area contributed by atoms with Crippen molar-refractivity contribution in [2.24, 2.45) is 0 Å². The molecule has 0 fully saturated rings. The Kier molecular flexibility index (Phi) is 8.45. The molecule has 0 radical (unpaired) electrons. The number of nitrogens with one attached hydrogen (secondary N) is 3. The second-order valence-electron chi connectivity index (χ2n) is 6.00. The summed E-state index contributed by atoms with van der Waals surface area (Å²) >= 11 is 1.61. The van der Waals surface area contributed by atoms with Crippen molar-refractivity contribution in [3.63, 3.8) is 0 Å². The fourth-order valence-corrected chi connectivity index (χ4v) is 3.36. The Morgan fingerprint density at radius 2 is 1.69 bits per heavy atom. The minimum atomic E-state index is -0.251. The molecule has 2 heterocycles. The van der Waals surface area contributed by atoms with Crippen LogP contribution < -0.4 is 10.6 Å². The summed E-state index contributed by atoms with van der Waals surface area (Å²) < 4.78 is 13.0. The molecule has 0 spiro atoms. The van der Waals surface area contributed by atoms with Gasteiger partial charge in [0.05, 0.1) is 12.2 Å². The molecule has 4 rings (SSSR count). The maximum absolute atomic E-state index is 13.0. The van der Waals surface area contributed by atoms with Crippen LogP contribution in [0.25, 0.3) is 11.3 Å². The van der Waals surface area contributed by atoms with Gasteiger partial charge in [-0.15, -0.1) is 36.2 Å². The van der Waals surface area contributed by atoms with Gasteiger partial charge in [0.25, 0.3) is 0 Å².